The number of aryl methyl sites for hydroxylation is 2. The Balaban J connectivity index is 1.10. The van der Waals surface area contributed by atoms with Crippen LogP contribution in [0.1, 0.15) is 175 Å². The molecule has 0 N–H and O–H groups in total. The van der Waals surface area contributed by atoms with Crippen LogP contribution in [-0.4, -0.2) is 101 Å². The Morgan fingerprint density at radius 3 is 0.713 bits per heavy atom. The molecule has 0 amide bonds. The van der Waals surface area contributed by atoms with E-state index in [0.29, 0.717) is 119 Å². The molecule has 0 saturated heterocycles. The SMILES string of the molecule is C=CC(=O)OCCCCCCOc1ccc(C(=O)Oc2ccc(OC(=O)c3ccc(OCCCCCCOC(=O)C=C)cc3)c(CCCCCc3cc(OC(=O)c4ccc(OCCCCCCOC(=O)C=C)cc4)ccc3OC(=O)c3ccc(OCCCCCCOC(=O)C=C)cc3)c2)cc1. The summed E-state index contributed by atoms with van der Waals surface area (Å²) in [6, 6.07) is 36.2. The fourth-order valence-corrected chi connectivity index (χ4v) is 9.95. The van der Waals surface area contributed by atoms with Crippen molar-refractivity contribution in [3.05, 3.63) is 217 Å². The minimum absolute atomic E-state index is 0.227. The van der Waals surface area contributed by atoms with Gasteiger partial charge in [0.1, 0.15) is 46.0 Å². The quantitative estimate of drug-likeness (QED) is 0.0113. The van der Waals surface area contributed by atoms with Crippen LogP contribution in [0.5, 0.6) is 46.0 Å². The van der Waals surface area contributed by atoms with Crippen LogP contribution in [0.3, 0.4) is 0 Å². The highest BCUT2D eigenvalue weighted by atomic mass is 16.6. The average Bonchev–Trinajstić information content (AvgIpc) is 0.856. The smallest absolute Gasteiger partial charge is 0.343 e. The summed E-state index contributed by atoms with van der Waals surface area (Å²) >= 11 is 0. The van der Waals surface area contributed by atoms with Crippen LogP contribution in [0.25, 0.3) is 0 Å². The second-order valence-corrected chi connectivity index (χ2v) is 23.3. The Hall–Kier alpha value is -10.8. The molecular formula is C81H92O20. The summed E-state index contributed by atoms with van der Waals surface area (Å²) in [5.41, 5.74) is 2.34. The van der Waals surface area contributed by atoms with Gasteiger partial charge in [0.15, 0.2) is 0 Å². The van der Waals surface area contributed by atoms with Crippen molar-refractivity contribution < 1.29 is 95.2 Å². The molecule has 0 unspecified atom stereocenters. The largest absolute Gasteiger partial charge is 0.494 e. The number of esters is 8. The van der Waals surface area contributed by atoms with Gasteiger partial charge in [0.05, 0.1) is 75.1 Å². The molecule has 20 nitrogen and oxygen atoms in total. The number of hydrogen-bond acceptors (Lipinski definition) is 20. The maximum atomic E-state index is 13.8. The molecule has 6 rings (SSSR count). The van der Waals surface area contributed by atoms with E-state index >= 15 is 0 Å². The number of unbranched alkanes of at least 4 members (excludes halogenated alkanes) is 14. The molecule has 536 valence electrons. The molecule has 0 atom stereocenters. The van der Waals surface area contributed by atoms with E-state index in [-0.39, 0.29) is 45.3 Å². The molecule has 20 heteroatoms. The predicted octanol–water partition coefficient (Wildman–Crippen LogP) is 16.2. The number of carbonyl (C=O) groups is 8. The topological polar surface area (TPSA) is 247 Å². The summed E-state index contributed by atoms with van der Waals surface area (Å²) in [5.74, 6) is -0.878. The molecule has 0 saturated carbocycles. The molecule has 6 aromatic carbocycles. The van der Waals surface area contributed by atoms with Gasteiger partial charge in [-0.1, -0.05) is 32.7 Å². The van der Waals surface area contributed by atoms with Gasteiger partial charge in [0, 0.05) is 24.3 Å². The van der Waals surface area contributed by atoms with E-state index < -0.39 is 47.8 Å². The lowest BCUT2D eigenvalue weighted by atomic mass is 10.0. The molecule has 0 radical (unpaired) electrons. The second kappa shape index (κ2) is 46.5. The number of carbonyl (C=O) groups excluding carboxylic acids is 8. The lowest BCUT2D eigenvalue weighted by Gasteiger charge is -2.14. The van der Waals surface area contributed by atoms with Crippen molar-refractivity contribution in [1.82, 2.24) is 0 Å². The molecule has 0 spiro atoms. The van der Waals surface area contributed by atoms with Gasteiger partial charge in [-0.2, -0.15) is 0 Å². The van der Waals surface area contributed by atoms with Gasteiger partial charge in [0.2, 0.25) is 0 Å². The number of ether oxygens (including phenoxy) is 12. The highest BCUT2D eigenvalue weighted by Crippen LogP contribution is 2.32. The number of benzene rings is 6. The fourth-order valence-electron chi connectivity index (χ4n) is 9.95. The maximum Gasteiger partial charge on any atom is 0.343 e. The highest BCUT2D eigenvalue weighted by Gasteiger charge is 2.19. The van der Waals surface area contributed by atoms with Crippen LogP contribution < -0.4 is 37.9 Å². The van der Waals surface area contributed by atoms with Gasteiger partial charge < -0.3 is 56.8 Å². The van der Waals surface area contributed by atoms with Gasteiger partial charge in [-0.25, -0.2) is 38.4 Å². The zero-order valence-corrected chi connectivity index (χ0v) is 57.5. The third kappa shape index (κ3) is 31.3. The van der Waals surface area contributed by atoms with Gasteiger partial charge in [0.25, 0.3) is 0 Å². The minimum atomic E-state index is -0.613. The van der Waals surface area contributed by atoms with Crippen LogP contribution in [0.2, 0.25) is 0 Å². The van der Waals surface area contributed by atoms with Crippen molar-refractivity contribution in [2.45, 2.75) is 135 Å². The van der Waals surface area contributed by atoms with Gasteiger partial charge in [-0.05, 0) is 273 Å². The Bertz CT molecular complexity index is 3380. The molecular weight excluding hydrogens is 1290 g/mol. The summed E-state index contributed by atoms with van der Waals surface area (Å²) in [5, 5.41) is 0. The highest BCUT2D eigenvalue weighted by molar-refractivity contribution is 5.94. The van der Waals surface area contributed by atoms with Gasteiger partial charge >= 0.3 is 47.8 Å². The first-order chi connectivity index (χ1) is 49.2. The van der Waals surface area contributed by atoms with Crippen molar-refractivity contribution in [1.29, 1.82) is 0 Å². The summed E-state index contributed by atoms with van der Waals surface area (Å²) in [7, 11) is 0. The van der Waals surface area contributed by atoms with Crippen molar-refractivity contribution in [2.75, 3.05) is 52.9 Å². The second-order valence-electron chi connectivity index (χ2n) is 23.3. The van der Waals surface area contributed by atoms with E-state index in [4.69, 9.17) is 56.8 Å². The Morgan fingerprint density at radius 2 is 0.465 bits per heavy atom. The van der Waals surface area contributed by atoms with Crippen LogP contribution in [0.4, 0.5) is 0 Å². The summed E-state index contributed by atoms with van der Waals surface area (Å²) in [4.78, 5) is 99.9. The van der Waals surface area contributed by atoms with E-state index in [9.17, 15) is 38.4 Å². The molecule has 0 heterocycles. The Morgan fingerprint density at radius 1 is 0.248 bits per heavy atom. The van der Waals surface area contributed by atoms with Crippen LogP contribution >= 0.6 is 0 Å². The molecule has 101 heavy (non-hydrogen) atoms. The van der Waals surface area contributed by atoms with E-state index in [0.717, 1.165) is 127 Å². The Labute approximate surface area is 591 Å². The van der Waals surface area contributed by atoms with E-state index in [1.807, 2.05) is 0 Å². The summed E-state index contributed by atoms with van der Waals surface area (Å²) < 4.78 is 67.6. The first-order valence-corrected chi connectivity index (χ1v) is 34.5. The molecule has 0 aliphatic rings. The normalized spacial score (nSPS) is 10.6. The van der Waals surface area contributed by atoms with Crippen molar-refractivity contribution in [2.24, 2.45) is 0 Å². The van der Waals surface area contributed by atoms with Crippen LogP contribution in [0, 0.1) is 0 Å². The number of hydrogen-bond donors (Lipinski definition) is 0. The lowest BCUT2D eigenvalue weighted by Crippen LogP contribution is -2.12. The first kappa shape index (κ1) is 79.2. The van der Waals surface area contributed by atoms with E-state index in [1.54, 1.807) is 133 Å². The fraction of sp³-hybridized carbons (Fsp3) is 0.358. The summed E-state index contributed by atoms with van der Waals surface area (Å²) in [6.45, 7) is 16.8. The molecule has 0 bridgehead atoms. The van der Waals surface area contributed by atoms with E-state index in [2.05, 4.69) is 26.3 Å². The molecule has 0 fully saturated rings. The summed E-state index contributed by atoms with van der Waals surface area (Å²) in [6.07, 6.45) is 20.2. The van der Waals surface area contributed by atoms with Crippen LogP contribution in [-0.2, 0) is 51.0 Å². The van der Waals surface area contributed by atoms with Crippen molar-refractivity contribution >= 4 is 47.8 Å². The van der Waals surface area contributed by atoms with Gasteiger partial charge in [-0.3, -0.25) is 0 Å². The standard InChI is InChI=1S/C81H92O20/c1-5-74(82)94-54-24-13-9-20-50-90-66-38-30-60(31-39-66)78(86)98-70-46-48-72(100-80(88)62-34-42-68(43-35-62)92-52-22-11-15-26-56-96-76(84)7-3)64(58-70)28-18-17-19-29-65-59-71(99-79(87)61-32-40-67(41-33-61)91-51-21-10-14-25-55-95-75(83)6-2)47-49-73(65)101-81(89)63-36-44-69(45-37-63)93-53-23-12-16-27-57-97-77(85)8-4/h5-8,30-49,58-59H,1-4,9-29,50-57H2. The molecule has 0 aromatic heterocycles. The average molecular weight is 1390 g/mol. The molecule has 0 aliphatic carbocycles. The zero-order chi connectivity index (χ0) is 72.1. The third-order valence-electron chi connectivity index (χ3n) is 15.5. The van der Waals surface area contributed by atoms with Gasteiger partial charge in [-0.15, -0.1) is 0 Å². The predicted molar refractivity (Wildman–Crippen MR) is 380 cm³/mol. The van der Waals surface area contributed by atoms with Crippen molar-refractivity contribution in [3.8, 4) is 46.0 Å². The molecule has 6 aromatic rings. The minimum Gasteiger partial charge on any atom is -0.494 e. The lowest BCUT2D eigenvalue weighted by molar-refractivity contribution is -0.138. The first-order valence-electron chi connectivity index (χ1n) is 34.5. The number of rotatable bonds is 50. The van der Waals surface area contributed by atoms with Crippen LogP contribution in [0.15, 0.2) is 184 Å². The monoisotopic (exact) mass is 1380 g/mol. The molecule has 0 aliphatic heterocycles. The maximum absolute atomic E-state index is 13.8. The third-order valence-corrected chi connectivity index (χ3v) is 15.5. The Kier molecular flexibility index (Phi) is 36.5. The van der Waals surface area contributed by atoms with Crippen molar-refractivity contribution in [3.63, 3.8) is 0 Å². The zero-order valence-electron chi connectivity index (χ0n) is 57.5. The van der Waals surface area contributed by atoms with E-state index in [1.165, 1.54) is 0 Å².